The average molecular weight is 265 g/mol. The van der Waals surface area contributed by atoms with Crippen LogP contribution in [0.25, 0.3) is 0 Å². The summed E-state index contributed by atoms with van der Waals surface area (Å²) >= 11 is 0. The van der Waals surface area contributed by atoms with Crippen LogP contribution in [-0.4, -0.2) is 38.8 Å². The molecule has 0 aliphatic carbocycles. The molecule has 0 aliphatic rings. The molecule has 0 radical (unpaired) electrons. The molecular formula is C16H27NO2. The molecule has 0 spiro atoms. The topological polar surface area (TPSA) is 21.7 Å². The molecule has 3 nitrogen and oxygen atoms in total. The highest BCUT2D eigenvalue weighted by Crippen LogP contribution is 2.27. The number of hydrogen-bond acceptors (Lipinski definition) is 3. The minimum Gasteiger partial charge on any atom is -0.493 e. The summed E-state index contributed by atoms with van der Waals surface area (Å²) in [6, 6.07) is 6.18. The molecule has 108 valence electrons. The first-order valence-corrected chi connectivity index (χ1v) is 7.18. The third-order valence-electron chi connectivity index (χ3n) is 3.24. The fourth-order valence-corrected chi connectivity index (χ4v) is 2.29. The Bertz CT molecular complexity index is 360. The molecule has 0 bridgehead atoms. The molecule has 0 atom stereocenters. The molecule has 3 heteroatoms. The molecule has 0 saturated heterocycles. The highest BCUT2D eigenvalue weighted by Gasteiger charge is 2.07. The predicted octanol–water partition coefficient (Wildman–Crippen LogP) is 3.37. The van der Waals surface area contributed by atoms with Crippen molar-refractivity contribution >= 4 is 0 Å². The Balaban J connectivity index is 2.60. The van der Waals surface area contributed by atoms with Gasteiger partial charge in [-0.05, 0) is 50.0 Å². The molecular weight excluding hydrogens is 238 g/mol. The van der Waals surface area contributed by atoms with Crippen LogP contribution in [-0.2, 0) is 6.42 Å². The lowest BCUT2D eigenvalue weighted by Crippen LogP contribution is -2.27. The molecule has 19 heavy (non-hydrogen) atoms. The van der Waals surface area contributed by atoms with Crippen molar-refractivity contribution < 1.29 is 9.47 Å². The number of nitrogens with zero attached hydrogens (tertiary/aromatic N) is 1. The van der Waals surface area contributed by atoms with E-state index in [1.54, 1.807) is 14.2 Å². The summed E-state index contributed by atoms with van der Waals surface area (Å²) in [5, 5.41) is 0. The molecule has 1 aromatic carbocycles. The Morgan fingerprint density at radius 3 is 2.05 bits per heavy atom. The normalized spacial score (nSPS) is 10.8. The quantitative estimate of drug-likeness (QED) is 0.683. The molecule has 1 aromatic rings. The first kappa shape index (κ1) is 15.8. The van der Waals surface area contributed by atoms with Gasteiger partial charge in [-0.25, -0.2) is 0 Å². The molecule has 0 unspecified atom stereocenters. The van der Waals surface area contributed by atoms with Crippen molar-refractivity contribution in [3.05, 3.63) is 23.8 Å². The highest BCUT2D eigenvalue weighted by atomic mass is 16.5. The lowest BCUT2D eigenvalue weighted by molar-refractivity contribution is 0.278. The minimum absolute atomic E-state index is 0.797. The zero-order valence-corrected chi connectivity index (χ0v) is 12.7. The Morgan fingerprint density at radius 2 is 1.53 bits per heavy atom. The van der Waals surface area contributed by atoms with E-state index >= 15 is 0 Å². The van der Waals surface area contributed by atoms with E-state index in [4.69, 9.17) is 9.47 Å². The fourth-order valence-electron chi connectivity index (χ4n) is 2.29. The van der Waals surface area contributed by atoms with Crippen molar-refractivity contribution in [1.82, 2.24) is 4.90 Å². The van der Waals surface area contributed by atoms with E-state index in [9.17, 15) is 0 Å². The number of benzene rings is 1. The zero-order chi connectivity index (χ0) is 14.1. The van der Waals surface area contributed by atoms with Crippen LogP contribution in [0.4, 0.5) is 0 Å². The number of ether oxygens (including phenoxy) is 2. The van der Waals surface area contributed by atoms with Crippen LogP contribution in [0.15, 0.2) is 18.2 Å². The van der Waals surface area contributed by atoms with Crippen LogP contribution >= 0.6 is 0 Å². The summed E-state index contributed by atoms with van der Waals surface area (Å²) in [5.74, 6) is 1.61. The second kappa shape index (κ2) is 8.81. The van der Waals surface area contributed by atoms with Gasteiger partial charge in [0.2, 0.25) is 0 Å². The number of methoxy groups -OCH3 is 2. The van der Waals surface area contributed by atoms with Crippen LogP contribution in [0.2, 0.25) is 0 Å². The summed E-state index contributed by atoms with van der Waals surface area (Å²) in [4.78, 5) is 2.52. The third kappa shape index (κ3) is 5.11. The van der Waals surface area contributed by atoms with E-state index in [0.717, 1.165) is 24.5 Å². The van der Waals surface area contributed by atoms with Crippen LogP contribution in [0.3, 0.4) is 0 Å². The first-order valence-electron chi connectivity index (χ1n) is 7.18. The second-order valence-electron chi connectivity index (χ2n) is 4.78. The lowest BCUT2D eigenvalue weighted by atomic mass is 10.1. The van der Waals surface area contributed by atoms with E-state index in [0.29, 0.717) is 0 Å². The molecule has 0 fully saturated rings. The van der Waals surface area contributed by atoms with E-state index in [2.05, 4.69) is 30.9 Å². The predicted molar refractivity (Wildman–Crippen MR) is 80.3 cm³/mol. The second-order valence-corrected chi connectivity index (χ2v) is 4.78. The van der Waals surface area contributed by atoms with Crippen molar-refractivity contribution in [3.8, 4) is 11.5 Å². The molecule has 0 amide bonds. The van der Waals surface area contributed by atoms with E-state index in [1.807, 2.05) is 6.07 Å². The van der Waals surface area contributed by atoms with E-state index < -0.39 is 0 Å². The van der Waals surface area contributed by atoms with Crippen LogP contribution in [0.1, 0.15) is 32.3 Å². The maximum absolute atomic E-state index is 5.34. The van der Waals surface area contributed by atoms with Crippen LogP contribution < -0.4 is 9.47 Å². The summed E-state index contributed by atoms with van der Waals surface area (Å²) in [6.45, 7) is 7.94. The molecule has 0 heterocycles. The monoisotopic (exact) mass is 265 g/mol. The average Bonchev–Trinajstić information content (AvgIpc) is 2.44. The Kier molecular flexibility index (Phi) is 7.34. The van der Waals surface area contributed by atoms with Gasteiger partial charge in [0.05, 0.1) is 14.2 Å². The Hall–Kier alpha value is -1.22. The maximum Gasteiger partial charge on any atom is 0.160 e. The van der Waals surface area contributed by atoms with Crippen molar-refractivity contribution in [2.24, 2.45) is 0 Å². The maximum atomic E-state index is 5.34. The van der Waals surface area contributed by atoms with Gasteiger partial charge in [-0.2, -0.15) is 0 Å². The molecule has 0 saturated carbocycles. The Labute approximate surface area is 117 Å². The van der Waals surface area contributed by atoms with Gasteiger partial charge in [-0.3, -0.25) is 0 Å². The van der Waals surface area contributed by atoms with Gasteiger partial charge in [0, 0.05) is 6.54 Å². The standard InChI is InChI=1S/C16H27NO2/c1-5-10-17(11-6-2)12-9-14-7-8-15(18-3)16(13-14)19-4/h7-8,13H,5-6,9-12H2,1-4H3. The minimum atomic E-state index is 0.797. The molecule has 1 rings (SSSR count). The molecule has 0 aliphatic heterocycles. The van der Waals surface area contributed by atoms with Gasteiger partial charge in [-0.1, -0.05) is 19.9 Å². The summed E-state index contributed by atoms with van der Waals surface area (Å²) in [5.41, 5.74) is 1.30. The smallest absolute Gasteiger partial charge is 0.160 e. The van der Waals surface area contributed by atoms with Gasteiger partial charge >= 0.3 is 0 Å². The van der Waals surface area contributed by atoms with Crippen molar-refractivity contribution in [3.63, 3.8) is 0 Å². The first-order chi connectivity index (χ1) is 9.24. The van der Waals surface area contributed by atoms with E-state index in [1.165, 1.54) is 31.5 Å². The lowest BCUT2D eigenvalue weighted by Gasteiger charge is -2.21. The van der Waals surface area contributed by atoms with Crippen molar-refractivity contribution in [2.45, 2.75) is 33.1 Å². The van der Waals surface area contributed by atoms with Gasteiger partial charge in [0.15, 0.2) is 11.5 Å². The van der Waals surface area contributed by atoms with Crippen molar-refractivity contribution in [1.29, 1.82) is 0 Å². The van der Waals surface area contributed by atoms with Crippen molar-refractivity contribution in [2.75, 3.05) is 33.9 Å². The van der Waals surface area contributed by atoms with Crippen LogP contribution in [0, 0.1) is 0 Å². The summed E-state index contributed by atoms with van der Waals surface area (Å²) in [7, 11) is 3.35. The van der Waals surface area contributed by atoms with Crippen LogP contribution in [0.5, 0.6) is 11.5 Å². The third-order valence-corrected chi connectivity index (χ3v) is 3.24. The summed E-state index contributed by atoms with van der Waals surface area (Å²) in [6.07, 6.45) is 3.48. The largest absolute Gasteiger partial charge is 0.493 e. The Morgan fingerprint density at radius 1 is 0.895 bits per heavy atom. The van der Waals surface area contributed by atoms with E-state index in [-0.39, 0.29) is 0 Å². The zero-order valence-electron chi connectivity index (χ0n) is 12.7. The van der Waals surface area contributed by atoms with Gasteiger partial charge in [0.1, 0.15) is 0 Å². The summed E-state index contributed by atoms with van der Waals surface area (Å²) < 4.78 is 10.6. The molecule has 0 N–H and O–H groups in total. The molecule has 0 aromatic heterocycles. The SMILES string of the molecule is CCCN(CCC)CCc1ccc(OC)c(OC)c1. The van der Waals surface area contributed by atoms with Gasteiger partial charge in [0.25, 0.3) is 0 Å². The number of hydrogen-bond donors (Lipinski definition) is 0. The van der Waals surface area contributed by atoms with Gasteiger partial charge in [-0.15, -0.1) is 0 Å². The number of rotatable bonds is 9. The fraction of sp³-hybridized carbons (Fsp3) is 0.625. The highest BCUT2D eigenvalue weighted by molar-refractivity contribution is 5.42. The van der Waals surface area contributed by atoms with Gasteiger partial charge < -0.3 is 14.4 Å².